The summed E-state index contributed by atoms with van der Waals surface area (Å²) in [5, 5.41) is 3.03. The van der Waals surface area contributed by atoms with E-state index in [0.717, 1.165) is 5.56 Å². The van der Waals surface area contributed by atoms with Crippen molar-refractivity contribution in [3.63, 3.8) is 0 Å². The van der Waals surface area contributed by atoms with E-state index in [-0.39, 0.29) is 27.6 Å². The van der Waals surface area contributed by atoms with Gasteiger partial charge in [-0.1, -0.05) is 35.9 Å². The molecule has 1 amide bonds. The average Bonchev–Trinajstić information content (AvgIpc) is 2.82. The zero-order chi connectivity index (χ0) is 24.7. The summed E-state index contributed by atoms with van der Waals surface area (Å²) in [6.07, 6.45) is 0. The van der Waals surface area contributed by atoms with Crippen LogP contribution in [0.4, 0.5) is 5.69 Å². The van der Waals surface area contributed by atoms with Crippen LogP contribution in [0.25, 0.3) is 0 Å². The Kier molecular flexibility index (Phi) is 8.41. The highest BCUT2D eigenvalue weighted by atomic mass is 35.5. The number of sulfonamides is 1. The highest BCUT2D eigenvalue weighted by Crippen LogP contribution is 2.31. The van der Waals surface area contributed by atoms with Gasteiger partial charge in [0.15, 0.2) is 11.5 Å². The van der Waals surface area contributed by atoms with Crippen LogP contribution in [0.5, 0.6) is 11.5 Å². The SMILES string of the molecule is CCOc1ccc([C@@H](C)NC(=O)c2ccc(NS(=O)(=O)c3ccccc3)c(Cl)c2)cc1OCC. The van der Waals surface area contributed by atoms with Gasteiger partial charge in [-0.15, -0.1) is 0 Å². The number of carbonyl (C=O) groups excluding carboxylic acids is 1. The summed E-state index contributed by atoms with van der Waals surface area (Å²) in [6.45, 7) is 6.65. The molecule has 0 spiro atoms. The molecule has 0 fully saturated rings. The summed E-state index contributed by atoms with van der Waals surface area (Å²) in [4.78, 5) is 12.9. The van der Waals surface area contributed by atoms with Crippen molar-refractivity contribution in [3.8, 4) is 11.5 Å². The van der Waals surface area contributed by atoms with Gasteiger partial charge in [0.25, 0.3) is 15.9 Å². The second-order valence-electron chi connectivity index (χ2n) is 7.38. The zero-order valence-electron chi connectivity index (χ0n) is 19.2. The van der Waals surface area contributed by atoms with Crippen molar-refractivity contribution in [1.29, 1.82) is 0 Å². The van der Waals surface area contributed by atoms with Crippen molar-refractivity contribution < 1.29 is 22.7 Å². The summed E-state index contributed by atoms with van der Waals surface area (Å²) in [5.74, 6) is 0.909. The lowest BCUT2D eigenvalue weighted by Crippen LogP contribution is -2.26. The Labute approximate surface area is 205 Å². The quantitative estimate of drug-likeness (QED) is 0.385. The first kappa shape index (κ1) is 25.4. The van der Waals surface area contributed by atoms with Crippen LogP contribution in [0.1, 0.15) is 42.7 Å². The number of hydrogen-bond donors (Lipinski definition) is 2. The molecule has 9 heteroatoms. The van der Waals surface area contributed by atoms with E-state index >= 15 is 0 Å². The van der Waals surface area contributed by atoms with Crippen molar-refractivity contribution in [2.45, 2.75) is 31.7 Å². The molecule has 0 unspecified atom stereocenters. The molecule has 0 saturated heterocycles. The van der Waals surface area contributed by atoms with Crippen LogP contribution < -0.4 is 19.5 Å². The molecular weight excluding hydrogens is 476 g/mol. The monoisotopic (exact) mass is 502 g/mol. The first-order valence-electron chi connectivity index (χ1n) is 10.8. The summed E-state index contributed by atoms with van der Waals surface area (Å²) in [6, 6.07) is 17.6. The van der Waals surface area contributed by atoms with Crippen LogP contribution >= 0.6 is 11.6 Å². The van der Waals surface area contributed by atoms with Crippen molar-refractivity contribution in [1.82, 2.24) is 5.32 Å². The first-order chi connectivity index (χ1) is 16.2. The largest absolute Gasteiger partial charge is 0.490 e. The van der Waals surface area contributed by atoms with Gasteiger partial charge in [-0.25, -0.2) is 8.42 Å². The van der Waals surface area contributed by atoms with E-state index in [9.17, 15) is 13.2 Å². The Bertz CT molecular complexity index is 1250. The Morgan fingerprint density at radius 3 is 2.26 bits per heavy atom. The van der Waals surface area contributed by atoms with E-state index < -0.39 is 10.0 Å². The van der Waals surface area contributed by atoms with Crippen molar-refractivity contribution in [2.75, 3.05) is 17.9 Å². The molecule has 3 aromatic carbocycles. The molecule has 0 saturated carbocycles. The molecule has 180 valence electrons. The Hall–Kier alpha value is -3.23. The number of rotatable bonds is 10. The minimum absolute atomic E-state index is 0.111. The molecule has 1 atom stereocenters. The first-order valence-corrected chi connectivity index (χ1v) is 12.7. The van der Waals surface area contributed by atoms with Gasteiger partial charge >= 0.3 is 0 Å². The normalized spacial score (nSPS) is 12.0. The van der Waals surface area contributed by atoms with Gasteiger partial charge in [-0.05, 0) is 68.8 Å². The molecule has 0 aromatic heterocycles. The fraction of sp³-hybridized carbons (Fsp3) is 0.240. The number of nitrogens with one attached hydrogen (secondary N) is 2. The molecule has 3 aromatic rings. The van der Waals surface area contributed by atoms with Gasteiger partial charge in [0.05, 0.1) is 34.9 Å². The number of benzene rings is 3. The van der Waals surface area contributed by atoms with Crippen LogP contribution in [-0.2, 0) is 10.0 Å². The Balaban J connectivity index is 1.73. The topological polar surface area (TPSA) is 93.7 Å². The second-order valence-corrected chi connectivity index (χ2v) is 9.47. The Morgan fingerprint density at radius 2 is 1.62 bits per heavy atom. The predicted molar refractivity (Wildman–Crippen MR) is 133 cm³/mol. The Morgan fingerprint density at radius 1 is 0.941 bits per heavy atom. The van der Waals surface area contributed by atoms with Crippen LogP contribution in [0, 0.1) is 0 Å². The number of hydrogen-bond acceptors (Lipinski definition) is 5. The number of carbonyl (C=O) groups is 1. The van der Waals surface area contributed by atoms with Crippen LogP contribution in [-0.4, -0.2) is 27.5 Å². The molecule has 34 heavy (non-hydrogen) atoms. The second kappa shape index (κ2) is 11.3. The van der Waals surface area contributed by atoms with Crippen molar-refractivity contribution in [2.24, 2.45) is 0 Å². The van der Waals surface area contributed by atoms with Crippen LogP contribution in [0.2, 0.25) is 5.02 Å². The van der Waals surface area contributed by atoms with E-state index in [4.69, 9.17) is 21.1 Å². The average molecular weight is 503 g/mol. The van der Waals surface area contributed by atoms with E-state index in [1.165, 1.54) is 30.3 Å². The maximum atomic E-state index is 12.8. The molecular formula is C25H27ClN2O5S. The smallest absolute Gasteiger partial charge is 0.261 e. The molecule has 0 bridgehead atoms. The van der Waals surface area contributed by atoms with E-state index in [1.807, 2.05) is 39.0 Å². The maximum Gasteiger partial charge on any atom is 0.261 e. The predicted octanol–water partition coefficient (Wildman–Crippen LogP) is 5.43. The third-order valence-corrected chi connectivity index (χ3v) is 6.64. The van der Waals surface area contributed by atoms with E-state index in [0.29, 0.717) is 30.3 Å². The zero-order valence-corrected chi connectivity index (χ0v) is 20.7. The van der Waals surface area contributed by atoms with Crippen molar-refractivity contribution >= 4 is 33.2 Å². The molecule has 0 radical (unpaired) electrons. The number of anilines is 1. The van der Waals surface area contributed by atoms with Gasteiger partial charge < -0.3 is 14.8 Å². The molecule has 0 aliphatic rings. The molecule has 0 aliphatic carbocycles. The fourth-order valence-electron chi connectivity index (χ4n) is 3.24. The highest BCUT2D eigenvalue weighted by molar-refractivity contribution is 7.92. The van der Waals surface area contributed by atoms with Crippen LogP contribution in [0.15, 0.2) is 71.6 Å². The van der Waals surface area contributed by atoms with Gasteiger partial charge in [-0.3, -0.25) is 9.52 Å². The van der Waals surface area contributed by atoms with E-state index in [1.54, 1.807) is 18.2 Å². The molecule has 3 rings (SSSR count). The summed E-state index contributed by atoms with van der Waals surface area (Å²) in [7, 11) is -3.80. The molecule has 7 nitrogen and oxygen atoms in total. The van der Waals surface area contributed by atoms with Gasteiger partial charge in [-0.2, -0.15) is 0 Å². The minimum atomic E-state index is -3.80. The van der Waals surface area contributed by atoms with Crippen molar-refractivity contribution in [3.05, 3.63) is 82.9 Å². The highest BCUT2D eigenvalue weighted by Gasteiger charge is 2.18. The summed E-state index contributed by atoms with van der Waals surface area (Å²) in [5.41, 5.74) is 1.33. The van der Waals surface area contributed by atoms with Crippen LogP contribution in [0.3, 0.4) is 0 Å². The third kappa shape index (κ3) is 6.21. The lowest BCUT2D eigenvalue weighted by Gasteiger charge is -2.18. The minimum Gasteiger partial charge on any atom is -0.490 e. The summed E-state index contributed by atoms with van der Waals surface area (Å²) >= 11 is 6.29. The third-order valence-electron chi connectivity index (χ3n) is 4.94. The summed E-state index contributed by atoms with van der Waals surface area (Å²) < 4.78 is 38.8. The maximum absolute atomic E-state index is 12.8. The lowest BCUT2D eigenvalue weighted by atomic mass is 10.1. The molecule has 0 heterocycles. The molecule has 0 aliphatic heterocycles. The standard InChI is InChI=1S/C25H27ClN2O5S/c1-4-32-23-14-12-18(16-24(23)33-5-2)17(3)27-25(29)19-11-13-22(21(26)15-19)28-34(30,31)20-9-7-6-8-10-20/h6-17,28H,4-5H2,1-3H3,(H,27,29)/t17-/m1/s1. The van der Waals surface area contributed by atoms with Gasteiger partial charge in [0.2, 0.25) is 0 Å². The number of ether oxygens (including phenoxy) is 2. The lowest BCUT2D eigenvalue weighted by molar-refractivity contribution is 0.0940. The van der Waals surface area contributed by atoms with Gasteiger partial charge in [0.1, 0.15) is 0 Å². The number of amides is 1. The fourth-order valence-corrected chi connectivity index (χ4v) is 4.63. The van der Waals surface area contributed by atoms with E-state index in [2.05, 4.69) is 10.0 Å². The molecule has 2 N–H and O–H groups in total. The number of halogens is 1. The van der Waals surface area contributed by atoms with Gasteiger partial charge in [0, 0.05) is 5.56 Å².